The van der Waals surface area contributed by atoms with Crippen LogP contribution in [-0.2, 0) is 16.6 Å². The van der Waals surface area contributed by atoms with Gasteiger partial charge in [0.2, 0.25) is 11.8 Å². The third-order valence-electron chi connectivity index (χ3n) is 4.83. The van der Waals surface area contributed by atoms with Crippen molar-refractivity contribution in [3.05, 3.63) is 59.9 Å². The first-order valence-electron chi connectivity index (χ1n) is 10.2. The molecule has 4 rings (SSSR count). The number of carbonyl (C=O) groups is 2. The molecular weight excluding hydrogens is 474 g/mol. The maximum atomic E-state index is 12.4. The molecule has 2 N–H and O–H groups in total. The van der Waals surface area contributed by atoms with Gasteiger partial charge in [0.25, 0.3) is 0 Å². The number of hydrogen-bond acceptors (Lipinski definition) is 7. The van der Waals surface area contributed by atoms with E-state index >= 15 is 0 Å². The van der Waals surface area contributed by atoms with E-state index in [-0.39, 0.29) is 23.3 Å². The summed E-state index contributed by atoms with van der Waals surface area (Å²) in [6.45, 7) is 3.97. The number of aryl methyl sites for hydroxylation is 3. The lowest BCUT2D eigenvalue weighted by atomic mass is 10.1. The van der Waals surface area contributed by atoms with E-state index in [2.05, 4.69) is 20.6 Å². The normalized spacial score (nSPS) is 11.0. The summed E-state index contributed by atoms with van der Waals surface area (Å²) in [6.07, 6.45) is 3.56. The van der Waals surface area contributed by atoms with Gasteiger partial charge in [-0.2, -0.15) is 0 Å². The third kappa shape index (κ3) is 5.95. The molecule has 2 aromatic heterocycles. The highest BCUT2D eigenvalue weighted by molar-refractivity contribution is 8.01. The van der Waals surface area contributed by atoms with Gasteiger partial charge in [0.15, 0.2) is 9.50 Å². The van der Waals surface area contributed by atoms with Crippen LogP contribution < -0.4 is 10.6 Å². The summed E-state index contributed by atoms with van der Waals surface area (Å²) in [5, 5.41) is 6.72. The van der Waals surface area contributed by atoms with E-state index in [0.717, 1.165) is 42.2 Å². The predicted molar refractivity (Wildman–Crippen MR) is 137 cm³/mol. The van der Waals surface area contributed by atoms with Gasteiger partial charge >= 0.3 is 0 Å². The van der Waals surface area contributed by atoms with E-state index in [1.54, 1.807) is 6.20 Å². The standard InChI is InChI=1S/C23H23N5O2S3/c1-14-5-4-6-15(2)21(14)27-20(30)13-32-23-26-17-8-7-16(11-18(17)33-23)25-19(29)12-31-22-24-9-10-28(22)3/h4-11H,12-13H2,1-3H3,(H,25,29)(H,27,30). The summed E-state index contributed by atoms with van der Waals surface area (Å²) >= 11 is 4.31. The van der Waals surface area contributed by atoms with Crippen LogP contribution in [0.5, 0.6) is 0 Å². The van der Waals surface area contributed by atoms with Gasteiger partial charge < -0.3 is 15.2 Å². The zero-order valence-electron chi connectivity index (χ0n) is 18.4. The maximum Gasteiger partial charge on any atom is 0.234 e. The molecule has 0 aliphatic carbocycles. The second-order valence-electron chi connectivity index (χ2n) is 7.42. The molecule has 10 heteroatoms. The summed E-state index contributed by atoms with van der Waals surface area (Å²) in [4.78, 5) is 33.6. The second kappa shape index (κ2) is 10.4. The van der Waals surface area contributed by atoms with Crippen LogP contribution in [0.2, 0.25) is 0 Å². The van der Waals surface area contributed by atoms with E-state index in [9.17, 15) is 9.59 Å². The topological polar surface area (TPSA) is 88.9 Å². The number of imidazole rings is 1. The molecule has 0 spiro atoms. The Kier molecular flexibility index (Phi) is 7.36. The lowest BCUT2D eigenvalue weighted by Gasteiger charge is -2.10. The summed E-state index contributed by atoms with van der Waals surface area (Å²) in [6, 6.07) is 11.6. The molecule has 0 fully saturated rings. The zero-order chi connectivity index (χ0) is 23.4. The van der Waals surface area contributed by atoms with E-state index in [1.807, 2.05) is 68.1 Å². The molecule has 7 nitrogen and oxygen atoms in total. The molecule has 0 aliphatic heterocycles. The highest BCUT2D eigenvalue weighted by Gasteiger charge is 2.12. The molecule has 0 bridgehead atoms. The Morgan fingerprint density at radius 3 is 2.48 bits per heavy atom. The average Bonchev–Trinajstić information content (AvgIpc) is 3.38. The Morgan fingerprint density at radius 1 is 1.03 bits per heavy atom. The summed E-state index contributed by atoms with van der Waals surface area (Å²) in [5.74, 6) is 0.406. The van der Waals surface area contributed by atoms with Gasteiger partial charge in [-0.1, -0.05) is 41.7 Å². The number of thioether (sulfide) groups is 2. The SMILES string of the molecule is Cc1cccc(C)c1NC(=O)CSc1nc2ccc(NC(=O)CSc3nccn3C)cc2s1. The van der Waals surface area contributed by atoms with Gasteiger partial charge in [0, 0.05) is 30.8 Å². The minimum absolute atomic E-state index is 0.0604. The number of fused-ring (bicyclic) bond motifs is 1. The lowest BCUT2D eigenvalue weighted by molar-refractivity contribution is -0.114. The number of benzene rings is 2. The summed E-state index contributed by atoms with van der Waals surface area (Å²) in [7, 11) is 1.90. The fraction of sp³-hybridized carbons (Fsp3) is 0.217. The van der Waals surface area contributed by atoms with Crippen molar-refractivity contribution in [2.24, 2.45) is 7.05 Å². The van der Waals surface area contributed by atoms with Crippen molar-refractivity contribution in [1.82, 2.24) is 14.5 Å². The number of rotatable bonds is 8. The fourth-order valence-electron chi connectivity index (χ4n) is 3.18. The second-order valence-corrected chi connectivity index (χ2v) is 10.6. The first kappa shape index (κ1) is 23.3. The number of nitrogens with one attached hydrogen (secondary N) is 2. The van der Waals surface area contributed by atoms with Gasteiger partial charge in [0.05, 0.1) is 21.7 Å². The monoisotopic (exact) mass is 497 g/mol. The van der Waals surface area contributed by atoms with Crippen LogP contribution in [0.25, 0.3) is 10.2 Å². The minimum atomic E-state index is -0.0929. The van der Waals surface area contributed by atoms with Gasteiger partial charge in [-0.3, -0.25) is 9.59 Å². The average molecular weight is 498 g/mol. The molecule has 2 amide bonds. The Bertz CT molecular complexity index is 1290. The number of carbonyl (C=O) groups excluding carboxylic acids is 2. The van der Waals surface area contributed by atoms with Gasteiger partial charge in [-0.05, 0) is 43.2 Å². The van der Waals surface area contributed by atoms with Crippen LogP contribution in [0.15, 0.2) is 58.3 Å². The molecule has 4 aromatic rings. The first-order chi connectivity index (χ1) is 15.9. The quantitative estimate of drug-likeness (QED) is 0.329. The molecule has 0 radical (unpaired) electrons. The Hall–Kier alpha value is -2.82. The molecule has 2 heterocycles. The first-order valence-corrected chi connectivity index (χ1v) is 13.0. The zero-order valence-corrected chi connectivity index (χ0v) is 20.9. The molecule has 170 valence electrons. The van der Waals surface area contributed by atoms with Crippen LogP contribution in [0.4, 0.5) is 11.4 Å². The fourth-order valence-corrected chi connectivity index (χ4v) is 5.82. The largest absolute Gasteiger partial charge is 0.329 e. The molecule has 0 atom stereocenters. The maximum absolute atomic E-state index is 12.4. The number of amides is 2. The highest BCUT2D eigenvalue weighted by atomic mass is 32.2. The smallest absolute Gasteiger partial charge is 0.234 e. The van der Waals surface area contributed by atoms with E-state index in [0.29, 0.717) is 0 Å². The van der Waals surface area contributed by atoms with Gasteiger partial charge in [-0.15, -0.1) is 11.3 Å². The van der Waals surface area contributed by atoms with Crippen molar-refractivity contribution in [2.75, 3.05) is 22.1 Å². The Labute approximate surface area is 204 Å². The van der Waals surface area contributed by atoms with Crippen molar-refractivity contribution >= 4 is 68.3 Å². The van der Waals surface area contributed by atoms with Crippen LogP contribution >= 0.6 is 34.9 Å². The van der Waals surface area contributed by atoms with Gasteiger partial charge in [0.1, 0.15) is 0 Å². The van der Waals surface area contributed by atoms with Crippen LogP contribution in [0.1, 0.15) is 11.1 Å². The van der Waals surface area contributed by atoms with Crippen LogP contribution in [0.3, 0.4) is 0 Å². The minimum Gasteiger partial charge on any atom is -0.329 e. The van der Waals surface area contributed by atoms with Crippen molar-refractivity contribution in [3.8, 4) is 0 Å². The van der Waals surface area contributed by atoms with Crippen molar-refractivity contribution in [2.45, 2.75) is 23.3 Å². The number of hydrogen-bond donors (Lipinski definition) is 2. The highest BCUT2D eigenvalue weighted by Crippen LogP contribution is 2.31. The van der Waals surface area contributed by atoms with Crippen molar-refractivity contribution in [1.29, 1.82) is 0 Å². The lowest BCUT2D eigenvalue weighted by Crippen LogP contribution is -2.15. The molecule has 33 heavy (non-hydrogen) atoms. The Morgan fingerprint density at radius 2 is 1.76 bits per heavy atom. The number of nitrogens with zero attached hydrogens (tertiary/aromatic N) is 3. The number of anilines is 2. The molecule has 2 aromatic carbocycles. The number of para-hydroxylation sites is 1. The predicted octanol–water partition coefficient (Wildman–Crippen LogP) is 5.11. The van der Waals surface area contributed by atoms with Crippen molar-refractivity contribution < 1.29 is 9.59 Å². The van der Waals surface area contributed by atoms with Crippen LogP contribution in [0, 0.1) is 13.8 Å². The molecule has 0 saturated carbocycles. The van der Waals surface area contributed by atoms with Crippen molar-refractivity contribution in [3.63, 3.8) is 0 Å². The Balaban J connectivity index is 1.33. The van der Waals surface area contributed by atoms with E-state index in [1.165, 1.54) is 34.9 Å². The molecule has 0 unspecified atom stereocenters. The molecular formula is C23H23N5O2S3. The number of thiazole rings is 1. The summed E-state index contributed by atoms with van der Waals surface area (Å²) < 4.78 is 3.65. The number of aromatic nitrogens is 3. The van der Waals surface area contributed by atoms with E-state index < -0.39 is 0 Å². The molecule has 0 saturated heterocycles. The molecule has 0 aliphatic rings. The summed E-state index contributed by atoms with van der Waals surface area (Å²) in [5.41, 5.74) is 4.52. The third-order valence-corrected chi connectivity index (χ3v) is 8.05. The van der Waals surface area contributed by atoms with E-state index in [4.69, 9.17) is 0 Å². The van der Waals surface area contributed by atoms with Gasteiger partial charge in [-0.25, -0.2) is 9.97 Å². The van der Waals surface area contributed by atoms with Crippen LogP contribution in [-0.4, -0.2) is 37.9 Å².